The summed E-state index contributed by atoms with van der Waals surface area (Å²) in [7, 11) is -3.46. The van der Waals surface area contributed by atoms with Gasteiger partial charge in [-0.3, -0.25) is 0 Å². The van der Waals surface area contributed by atoms with Crippen LogP contribution in [0, 0.1) is 13.8 Å². The van der Waals surface area contributed by atoms with E-state index in [1.165, 1.54) is 6.07 Å². The Morgan fingerprint density at radius 1 is 1.35 bits per heavy atom. The van der Waals surface area contributed by atoms with Crippen molar-refractivity contribution in [3.8, 4) is 0 Å². The summed E-state index contributed by atoms with van der Waals surface area (Å²) in [5.74, 6) is 0. The fourth-order valence-corrected chi connectivity index (χ4v) is 2.87. The Morgan fingerprint density at radius 3 is 2.41 bits per heavy atom. The maximum Gasteiger partial charge on any atom is 0.240 e. The third-order valence-electron chi connectivity index (χ3n) is 2.96. The molecule has 1 aromatic rings. The lowest BCUT2D eigenvalue weighted by molar-refractivity contribution is 0.556. The molecule has 0 aliphatic heterocycles. The first kappa shape index (κ1) is 14.0. The number of rotatable bonds is 4. The Labute approximate surface area is 103 Å². The van der Waals surface area contributed by atoms with Crippen molar-refractivity contribution in [2.75, 3.05) is 5.73 Å². The summed E-state index contributed by atoms with van der Waals surface area (Å²) in [6, 6.07) is 3.08. The summed E-state index contributed by atoms with van der Waals surface area (Å²) in [5, 5.41) is 0. The molecule has 0 saturated carbocycles. The van der Waals surface area contributed by atoms with E-state index < -0.39 is 10.0 Å². The fraction of sp³-hybridized carbons (Fsp3) is 0.500. The number of nitrogens with two attached hydrogens (primary N) is 1. The third kappa shape index (κ3) is 3.20. The van der Waals surface area contributed by atoms with Crippen LogP contribution in [0.25, 0.3) is 0 Å². The smallest absolute Gasteiger partial charge is 0.240 e. The van der Waals surface area contributed by atoms with Crippen LogP contribution in [0.3, 0.4) is 0 Å². The number of benzene rings is 1. The van der Waals surface area contributed by atoms with E-state index in [2.05, 4.69) is 4.72 Å². The van der Waals surface area contributed by atoms with E-state index in [1.807, 2.05) is 27.7 Å². The van der Waals surface area contributed by atoms with Crippen molar-refractivity contribution in [3.05, 3.63) is 23.3 Å². The summed E-state index contributed by atoms with van der Waals surface area (Å²) in [5.41, 5.74) is 8.11. The molecule has 1 atom stereocenters. The van der Waals surface area contributed by atoms with Crippen LogP contribution in [0.2, 0.25) is 0 Å². The molecule has 0 bridgehead atoms. The van der Waals surface area contributed by atoms with Crippen LogP contribution in [0.15, 0.2) is 17.0 Å². The van der Waals surface area contributed by atoms with Gasteiger partial charge in [-0.05, 0) is 50.5 Å². The maximum absolute atomic E-state index is 12.1. The molecule has 1 unspecified atom stereocenters. The number of aryl methyl sites for hydroxylation is 1. The van der Waals surface area contributed by atoms with Gasteiger partial charge in [0.1, 0.15) is 0 Å². The van der Waals surface area contributed by atoms with E-state index in [0.29, 0.717) is 5.69 Å². The first-order chi connectivity index (χ1) is 7.77. The van der Waals surface area contributed by atoms with E-state index in [4.69, 9.17) is 5.73 Å². The highest BCUT2D eigenvalue weighted by Crippen LogP contribution is 2.21. The van der Waals surface area contributed by atoms with Crippen molar-refractivity contribution in [1.82, 2.24) is 4.72 Å². The highest BCUT2D eigenvalue weighted by molar-refractivity contribution is 7.89. The minimum absolute atomic E-state index is 0.0807. The van der Waals surface area contributed by atoms with Crippen LogP contribution in [-0.2, 0) is 10.0 Å². The van der Waals surface area contributed by atoms with Gasteiger partial charge in [0, 0.05) is 11.7 Å². The summed E-state index contributed by atoms with van der Waals surface area (Å²) in [6.45, 7) is 7.50. The maximum atomic E-state index is 12.1. The Morgan fingerprint density at radius 2 is 1.94 bits per heavy atom. The van der Waals surface area contributed by atoms with Crippen molar-refractivity contribution < 1.29 is 8.42 Å². The molecule has 4 nitrogen and oxygen atoms in total. The number of nitrogens with one attached hydrogen (secondary N) is 1. The fourth-order valence-electron chi connectivity index (χ4n) is 1.42. The predicted molar refractivity (Wildman–Crippen MR) is 70.4 cm³/mol. The van der Waals surface area contributed by atoms with Gasteiger partial charge in [0.2, 0.25) is 10.0 Å². The van der Waals surface area contributed by atoms with Gasteiger partial charge in [-0.15, -0.1) is 0 Å². The Bertz CT molecular complexity index is 486. The zero-order valence-electron chi connectivity index (χ0n) is 10.7. The summed E-state index contributed by atoms with van der Waals surface area (Å²) in [4.78, 5) is 0.235. The van der Waals surface area contributed by atoms with E-state index in [1.54, 1.807) is 6.07 Å². The Hall–Kier alpha value is -1.07. The average Bonchev–Trinajstić information content (AvgIpc) is 2.24. The van der Waals surface area contributed by atoms with Crippen LogP contribution in [-0.4, -0.2) is 14.5 Å². The summed E-state index contributed by atoms with van der Waals surface area (Å²) < 4.78 is 26.7. The van der Waals surface area contributed by atoms with Crippen molar-refractivity contribution in [1.29, 1.82) is 0 Å². The number of hydrogen-bond acceptors (Lipinski definition) is 3. The molecule has 3 N–H and O–H groups in total. The van der Waals surface area contributed by atoms with Gasteiger partial charge in [0.05, 0.1) is 4.90 Å². The molecule has 5 heteroatoms. The van der Waals surface area contributed by atoms with E-state index in [-0.39, 0.29) is 10.9 Å². The SMILES string of the molecule is CCC(C)NS(=O)(=O)c1cc(C)c(C)c(N)c1. The van der Waals surface area contributed by atoms with Gasteiger partial charge in [-0.2, -0.15) is 0 Å². The van der Waals surface area contributed by atoms with Crippen molar-refractivity contribution in [2.24, 2.45) is 0 Å². The molecule has 96 valence electrons. The normalized spacial score (nSPS) is 13.6. The highest BCUT2D eigenvalue weighted by Gasteiger charge is 2.18. The highest BCUT2D eigenvalue weighted by atomic mass is 32.2. The zero-order valence-corrected chi connectivity index (χ0v) is 11.6. The lowest BCUT2D eigenvalue weighted by atomic mass is 10.1. The predicted octanol–water partition coefficient (Wildman–Crippen LogP) is 1.96. The van der Waals surface area contributed by atoms with Crippen LogP contribution in [0.4, 0.5) is 5.69 Å². The van der Waals surface area contributed by atoms with Gasteiger partial charge in [-0.25, -0.2) is 13.1 Å². The number of nitrogen functional groups attached to an aromatic ring is 1. The molecular formula is C12H20N2O2S. The Balaban J connectivity index is 3.16. The molecule has 0 aliphatic rings. The van der Waals surface area contributed by atoms with E-state index >= 15 is 0 Å². The van der Waals surface area contributed by atoms with Gasteiger partial charge in [0.15, 0.2) is 0 Å². The molecule has 0 saturated heterocycles. The Kier molecular flexibility index (Phi) is 4.16. The molecule has 0 heterocycles. The van der Waals surface area contributed by atoms with Gasteiger partial charge in [0.25, 0.3) is 0 Å². The van der Waals surface area contributed by atoms with Crippen LogP contribution in [0.1, 0.15) is 31.4 Å². The third-order valence-corrected chi connectivity index (χ3v) is 4.53. The van der Waals surface area contributed by atoms with Crippen LogP contribution >= 0.6 is 0 Å². The molecule has 0 aromatic heterocycles. The van der Waals surface area contributed by atoms with Crippen LogP contribution in [0.5, 0.6) is 0 Å². The monoisotopic (exact) mass is 256 g/mol. The molecular weight excluding hydrogens is 236 g/mol. The molecule has 0 fully saturated rings. The quantitative estimate of drug-likeness (QED) is 0.809. The van der Waals surface area contributed by atoms with Gasteiger partial charge >= 0.3 is 0 Å². The van der Waals surface area contributed by atoms with Crippen LogP contribution < -0.4 is 10.5 Å². The minimum Gasteiger partial charge on any atom is -0.398 e. The molecule has 0 amide bonds. The largest absolute Gasteiger partial charge is 0.398 e. The lowest BCUT2D eigenvalue weighted by Gasteiger charge is -2.14. The van der Waals surface area contributed by atoms with Crippen molar-refractivity contribution in [2.45, 2.75) is 45.1 Å². The van der Waals surface area contributed by atoms with Gasteiger partial charge in [-0.1, -0.05) is 6.92 Å². The van der Waals surface area contributed by atoms with Crippen molar-refractivity contribution in [3.63, 3.8) is 0 Å². The minimum atomic E-state index is -3.46. The lowest BCUT2D eigenvalue weighted by Crippen LogP contribution is -2.32. The average molecular weight is 256 g/mol. The topological polar surface area (TPSA) is 72.2 Å². The standard InChI is InChI=1S/C12H20N2O2S/c1-5-9(3)14-17(15,16)11-6-8(2)10(4)12(13)7-11/h6-7,9,14H,5,13H2,1-4H3. The zero-order chi connectivity index (χ0) is 13.2. The van der Waals surface area contributed by atoms with Gasteiger partial charge < -0.3 is 5.73 Å². The first-order valence-corrected chi connectivity index (χ1v) is 7.15. The van der Waals surface area contributed by atoms with E-state index in [9.17, 15) is 8.42 Å². The molecule has 17 heavy (non-hydrogen) atoms. The second kappa shape index (κ2) is 5.06. The number of sulfonamides is 1. The van der Waals surface area contributed by atoms with E-state index in [0.717, 1.165) is 17.5 Å². The summed E-state index contributed by atoms with van der Waals surface area (Å²) in [6.07, 6.45) is 0.750. The second-order valence-corrected chi connectivity index (χ2v) is 6.10. The molecule has 0 aliphatic carbocycles. The summed E-state index contributed by atoms with van der Waals surface area (Å²) >= 11 is 0. The van der Waals surface area contributed by atoms with Crippen molar-refractivity contribution >= 4 is 15.7 Å². The molecule has 1 aromatic carbocycles. The molecule has 0 radical (unpaired) electrons. The number of anilines is 1. The molecule has 0 spiro atoms. The first-order valence-electron chi connectivity index (χ1n) is 5.67. The second-order valence-electron chi connectivity index (χ2n) is 4.38. The number of hydrogen-bond donors (Lipinski definition) is 2. The molecule has 1 rings (SSSR count).